The molecule has 248 valence electrons. The molecule has 2 aromatic carbocycles. The minimum absolute atomic E-state index is 0.0996. The van der Waals surface area contributed by atoms with Crippen molar-refractivity contribution in [1.29, 1.82) is 0 Å². The Morgan fingerprint density at radius 3 is 1.87 bits per heavy atom. The van der Waals surface area contributed by atoms with Crippen molar-refractivity contribution in [3.05, 3.63) is 84.5 Å². The molecule has 1 saturated carbocycles. The molecule has 0 aromatic heterocycles. The van der Waals surface area contributed by atoms with Gasteiger partial charge in [-0.2, -0.15) is 0 Å². The molecule has 2 aromatic rings. The van der Waals surface area contributed by atoms with Crippen molar-refractivity contribution in [3.63, 3.8) is 0 Å². The van der Waals surface area contributed by atoms with Gasteiger partial charge in [-0.3, -0.25) is 0 Å². The Morgan fingerprint density at radius 1 is 0.696 bits per heavy atom. The van der Waals surface area contributed by atoms with Gasteiger partial charge in [-0.25, -0.2) is 14.4 Å². The Kier molecular flexibility index (Phi) is 14.6. The molecule has 1 aliphatic carbocycles. The quantitative estimate of drug-likeness (QED) is 0.0761. The number of hydrogen-bond acceptors (Lipinski definition) is 9. The summed E-state index contributed by atoms with van der Waals surface area (Å²) in [6.07, 6.45) is 4.86. The van der Waals surface area contributed by atoms with E-state index >= 15 is 0 Å². The van der Waals surface area contributed by atoms with Gasteiger partial charge in [0.15, 0.2) is 0 Å². The zero-order chi connectivity index (χ0) is 33.5. The molecule has 1 fully saturated rings. The van der Waals surface area contributed by atoms with E-state index in [1.54, 1.807) is 13.8 Å². The molecule has 0 spiro atoms. The molecule has 0 heterocycles. The number of methoxy groups -OCH3 is 1. The molecular weight excluding hydrogens is 588 g/mol. The molecule has 0 bridgehead atoms. The molecule has 3 rings (SSSR count). The molecule has 0 N–H and O–H groups in total. The smallest absolute Gasteiger partial charge is 0.335 e. The Labute approximate surface area is 272 Å². The van der Waals surface area contributed by atoms with Crippen LogP contribution >= 0.6 is 0 Å². The highest BCUT2D eigenvalue weighted by molar-refractivity contribution is 5.88. The molecule has 46 heavy (non-hydrogen) atoms. The zero-order valence-electron chi connectivity index (χ0n) is 27.3. The van der Waals surface area contributed by atoms with Gasteiger partial charge in [0.05, 0.1) is 18.8 Å². The first-order chi connectivity index (χ1) is 22.1. The van der Waals surface area contributed by atoms with Crippen LogP contribution in [0, 0.1) is 5.92 Å². The second-order valence-corrected chi connectivity index (χ2v) is 11.5. The summed E-state index contributed by atoms with van der Waals surface area (Å²) in [4.78, 5) is 35.3. The van der Waals surface area contributed by atoms with Crippen LogP contribution < -0.4 is 9.47 Å². The summed E-state index contributed by atoms with van der Waals surface area (Å²) in [5.41, 5.74) is 4.20. The fourth-order valence-electron chi connectivity index (χ4n) is 5.16. The van der Waals surface area contributed by atoms with E-state index in [0.29, 0.717) is 35.3 Å². The lowest BCUT2D eigenvalue weighted by molar-refractivity contribution is -0.141. The number of rotatable bonds is 18. The second kappa shape index (κ2) is 18.6. The average Bonchev–Trinajstić information content (AvgIpc) is 3.05. The summed E-state index contributed by atoms with van der Waals surface area (Å²) < 4.78 is 32.4. The van der Waals surface area contributed by atoms with Crippen molar-refractivity contribution in [2.24, 2.45) is 5.92 Å². The van der Waals surface area contributed by atoms with Gasteiger partial charge in [-0.1, -0.05) is 37.9 Å². The van der Waals surface area contributed by atoms with Crippen LogP contribution in [0.15, 0.2) is 78.9 Å². The van der Waals surface area contributed by atoms with E-state index < -0.39 is 11.9 Å². The molecule has 0 aliphatic heterocycles. The monoisotopic (exact) mass is 634 g/mol. The fourth-order valence-corrected chi connectivity index (χ4v) is 5.16. The third-order valence-electron chi connectivity index (χ3n) is 7.71. The highest BCUT2D eigenvalue weighted by atomic mass is 16.6. The predicted octanol–water partition coefficient (Wildman–Crippen LogP) is 6.76. The van der Waals surface area contributed by atoms with Gasteiger partial charge in [-0.05, 0) is 98.7 Å². The average molecular weight is 635 g/mol. The van der Waals surface area contributed by atoms with Crippen LogP contribution in [-0.2, 0) is 33.3 Å². The first-order valence-electron chi connectivity index (χ1n) is 15.6. The lowest BCUT2D eigenvalue weighted by atomic mass is 9.77. The van der Waals surface area contributed by atoms with Crippen molar-refractivity contribution in [2.75, 3.05) is 46.8 Å². The van der Waals surface area contributed by atoms with E-state index in [-0.39, 0.29) is 44.6 Å². The minimum atomic E-state index is -0.505. The van der Waals surface area contributed by atoms with Crippen LogP contribution in [0.2, 0.25) is 0 Å². The van der Waals surface area contributed by atoms with Gasteiger partial charge in [0.1, 0.15) is 37.9 Å². The van der Waals surface area contributed by atoms with E-state index in [2.05, 4.69) is 25.8 Å². The largest absolute Gasteiger partial charge is 0.490 e. The summed E-state index contributed by atoms with van der Waals surface area (Å²) in [7, 11) is 1.49. The summed E-state index contributed by atoms with van der Waals surface area (Å²) in [5.74, 6) is 0.939. The Bertz CT molecular complexity index is 1370. The first kappa shape index (κ1) is 36.1. The third-order valence-corrected chi connectivity index (χ3v) is 7.71. The Hall–Kier alpha value is -4.37. The Balaban J connectivity index is 1.64. The standard InChI is InChI=1S/C37H46O9/c1-25(2)35(38)44-18-17-28-7-9-30(10-8-28)33-23-31(13-16-34(33)43-20-22-45-36(39)26(3)4)29-11-14-32(15-12-29)42-19-21-46-37(40)27(5)24-41-6/h11-16,23,28,30H,1,3,5,7-10,17-22,24H2,2,4,6H3. The maximum atomic E-state index is 11.8. The highest BCUT2D eigenvalue weighted by Crippen LogP contribution is 2.42. The summed E-state index contributed by atoms with van der Waals surface area (Å²) in [5, 5.41) is 0. The molecule has 9 heteroatoms. The van der Waals surface area contributed by atoms with Crippen molar-refractivity contribution >= 4 is 17.9 Å². The normalized spacial score (nSPS) is 15.7. The van der Waals surface area contributed by atoms with Gasteiger partial charge < -0.3 is 28.4 Å². The first-order valence-corrected chi connectivity index (χ1v) is 15.6. The lowest BCUT2D eigenvalue weighted by Gasteiger charge is -2.30. The summed E-state index contributed by atoms with van der Waals surface area (Å²) in [6.45, 7) is 15.3. The van der Waals surface area contributed by atoms with Crippen LogP contribution in [0.1, 0.15) is 57.4 Å². The maximum absolute atomic E-state index is 11.8. The molecule has 0 amide bonds. The van der Waals surface area contributed by atoms with E-state index in [0.717, 1.165) is 54.5 Å². The molecule has 9 nitrogen and oxygen atoms in total. The number of ether oxygens (including phenoxy) is 6. The van der Waals surface area contributed by atoms with E-state index in [4.69, 9.17) is 28.4 Å². The SMILES string of the molecule is C=C(C)C(=O)OCCOc1ccc(-c2ccc(OCCOC(=O)C(=C)COC)cc2)cc1C1CCC(CCOC(=O)C(=C)C)CC1. The fraction of sp³-hybridized carbons (Fsp3) is 0.432. The Morgan fingerprint density at radius 2 is 1.26 bits per heavy atom. The maximum Gasteiger partial charge on any atom is 0.335 e. The number of benzene rings is 2. The van der Waals surface area contributed by atoms with Crippen molar-refractivity contribution in [1.82, 2.24) is 0 Å². The molecule has 0 saturated heterocycles. The van der Waals surface area contributed by atoms with E-state index in [1.807, 2.05) is 36.4 Å². The van der Waals surface area contributed by atoms with Gasteiger partial charge in [0.2, 0.25) is 0 Å². The third kappa shape index (κ3) is 11.5. The van der Waals surface area contributed by atoms with Gasteiger partial charge >= 0.3 is 17.9 Å². The number of carbonyl (C=O) groups excluding carboxylic acids is 3. The second-order valence-electron chi connectivity index (χ2n) is 11.5. The number of esters is 3. The molecule has 1 aliphatic rings. The van der Waals surface area contributed by atoms with Crippen LogP contribution in [0.4, 0.5) is 0 Å². The van der Waals surface area contributed by atoms with Gasteiger partial charge in [0.25, 0.3) is 0 Å². The number of carbonyl (C=O) groups is 3. The van der Waals surface area contributed by atoms with Crippen LogP contribution in [0.5, 0.6) is 11.5 Å². The lowest BCUT2D eigenvalue weighted by Crippen LogP contribution is -2.18. The van der Waals surface area contributed by atoms with Crippen molar-refractivity contribution in [2.45, 2.75) is 51.9 Å². The molecule has 0 unspecified atom stereocenters. The summed E-state index contributed by atoms with van der Waals surface area (Å²) >= 11 is 0. The van der Waals surface area contributed by atoms with Gasteiger partial charge in [0, 0.05) is 18.3 Å². The topological polar surface area (TPSA) is 107 Å². The van der Waals surface area contributed by atoms with Crippen LogP contribution in [0.25, 0.3) is 11.1 Å². The van der Waals surface area contributed by atoms with Crippen LogP contribution in [-0.4, -0.2) is 64.7 Å². The molecular formula is C37H46O9. The zero-order valence-corrected chi connectivity index (χ0v) is 27.3. The summed E-state index contributed by atoms with van der Waals surface area (Å²) in [6, 6.07) is 13.9. The van der Waals surface area contributed by atoms with Crippen molar-refractivity contribution < 1.29 is 42.8 Å². The van der Waals surface area contributed by atoms with Crippen LogP contribution in [0.3, 0.4) is 0 Å². The van der Waals surface area contributed by atoms with Crippen molar-refractivity contribution in [3.8, 4) is 22.6 Å². The van der Waals surface area contributed by atoms with E-state index in [9.17, 15) is 14.4 Å². The van der Waals surface area contributed by atoms with Gasteiger partial charge in [-0.15, -0.1) is 0 Å². The predicted molar refractivity (Wildman–Crippen MR) is 176 cm³/mol. The van der Waals surface area contributed by atoms with E-state index in [1.165, 1.54) is 7.11 Å². The minimum Gasteiger partial charge on any atom is -0.490 e. The molecule has 0 radical (unpaired) electrons. The molecule has 0 atom stereocenters. The number of hydrogen-bond donors (Lipinski definition) is 0. The highest BCUT2D eigenvalue weighted by Gasteiger charge is 2.25.